The van der Waals surface area contributed by atoms with Crippen LogP contribution in [0.25, 0.3) is 0 Å². The molecule has 0 radical (unpaired) electrons. The van der Waals surface area contributed by atoms with Gasteiger partial charge in [0.1, 0.15) is 18.6 Å². The lowest BCUT2D eigenvalue weighted by Crippen LogP contribution is -2.34. The van der Waals surface area contributed by atoms with Gasteiger partial charge in [0.2, 0.25) is 0 Å². The molecule has 29 heavy (non-hydrogen) atoms. The van der Waals surface area contributed by atoms with Crippen LogP contribution in [0.4, 0.5) is 0 Å². The summed E-state index contributed by atoms with van der Waals surface area (Å²) in [5.74, 6) is 2.08. The van der Waals surface area contributed by atoms with E-state index in [-0.39, 0.29) is 12.1 Å². The Bertz CT molecular complexity index is 816. The average Bonchev–Trinajstić information content (AvgIpc) is 3.45. The first-order valence-corrected chi connectivity index (χ1v) is 10.5. The molecule has 2 heterocycles. The summed E-state index contributed by atoms with van der Waals surface area (Å²) >= 11 is 0. The summed E-state index contributed by atoms with van der Waals surface area (Å²) in [6.07, 6.45) is 0. The van der Waals surface area contributed by atoms with E-state index < -0.39 is 5.41 Å². The molecule has 0 bridgehead atoms. The molecule has 0 amide bonds. The van der Waals surface area contributed by atoms with Crippen molar-refractivity contribution in [3.05, 3.63) is 71.8 Å². The summed E-state index contributed by atoms with van der Waals surface area (Å²) < 4.78 is 12.1. The van der Waals surface area contributed by atoms with Crippen molar-refractivity contribution in [3.8, 4) is 0 Å². The number of rotatable bonds is 6. The van der Waals surface area contributed by atoms with Crippen LogP contribution >= 0.6 is 0 Å². The van der Waals surface area contributed by atoms with E-state index in [1.165, 1.54) is 11.1 Å². The molecule has 0 aromatic heterocycles. The molecule has 0 spiro atoms. The monoisotopic (exact) mass is 390 g/mol. The van der Waals surface area contributed by atoms with Crippen molar-refractivity contribution in [1.29, 1.82) is 0 Å². The first kappa shape index (κ1) is 19.7. The predicted molar refractivity (Wildman–Crippen MR) is 118 cm³/mol. The summed E-state index contributed by atoms with van der Waals surface area (Å²) in [6.45, 7) is 9.82. The molecule has 0 fully saturated rings. The van der Waals surface area contributed by atoms with Crippen LogP contribution in [0.2, 0.25) is 0 Å². The molecular weight excluding hydrogens is 360 g/mol. The zero-order valence-corrected chi connectivity index (χ0v) is 17.7. The van der Waals surface area contributed by atoms with Crippen LogP contribution in [0.3, 0.4) is 0 Å². The van der Waals surface area contributed by atoms with Crippen LogP contribution in [-0.4, -0.2) is 37.1 Å². The Kier molecular flexibility index (Phi) is 5.44. The second-order valence-corrected chi connectivity index (χ2v) is 8.65. The summed E-state index contributed by atoms with van der Waals surface area (Å²) in [4.78, 5) is 9.88. The molecule has 2 aliphatic rings. The van der Waals surface area contributed by atoms with Gasteiger partial charge in [-0.1, -0.05) is 74.5 Å². The molecule has 2 aromatic rings. The average molecular weight is 391 g/mol. The highest BCUT2D eigenvalue weighted by atomic mass is 16.5. The SMILES string of the molecule is CC(c1ccccc1)C1COC(C(C)(C)C2=N[C@@H](C(C)c3ccccc3)CO2)=N1. The second kappa shape index (κ2) is 8.02. The highest BCUT2D eigenvalue weighted by Crippen LogP contribution is 2.34. The van der Waals surface area contributed by atoms with Crippen molar-refractivity contribution >= 4 is 11.8 Å². The van der Waals surface area contributed by atoms with Crippen LogP contribution in [-0.2, 0) is 9.47 Å². The summed E-state index contributed by atoms with van der Waals surface area (Å²) in [7, 11) is 0. The number of nitrogens with zero attached hydrogens (tertiary/aromatic N) is 2. The zero-order valence-electron chi connectivity index (χ0n) is 17.7. The fourth-order valence-electron chi connectivity index (χ4n) is 4.02. The number of hydrogen-bond donors (Lipinski definition) is 0. The Labute approximate surface area is 173 Å². The molecule has 3 unspecified atom stereocenters. The van der Waals surface area contributed by atoms with Gasteiger partial charge in [-0.3, -0.25) is 0 Å². The molecule has 4 rings (SSSR count). The molecule has 0 N–H and O–H groups in total. The molecular formula is C25H30N2O2. The Hall–Kier alpha value is -2.62. The van der Waals surface area contributed by atoms with Crippen molar-refractivity contribution in [2.75, 3.05) is 13.2 Å². The second-order valence-electron chi connectivity index (χ2n) is 8.65. The minimum atomic E-state index is -0.462. The van der Waals surface area contributed by atoms with Crippen LogP contribution in [0.5, 0.6) is 0 Å². The first-order valence-electron chi connectivity index (χ1n) is 10.5. The van der Waals surface area contributed by atoms with Gasteiger partial charge in [0.05, 0.1) is 12.1 Å². The van der Waals surface area contributed by atoms with Gasteiger partial charge in [0.15, 0.2) is 11.8 Å². The lowest BCUT2D eigenvalue weighted by atomic mass is 9.91. The van der Waals surface area contributed by atoms with E-state index in [1.807, 2.05) is 12.1 Å². The molecule has 0 saturated heterocycles. The molecule has 2 aliphatic heterocycles. The van der Waals surface area contributed by atoms with Gasteiger partial charge in [0.25, 0.3) is 0 Å². The summed E-state index contributed by atoms with van der Waals surface area (Å²) in [6, 6.07) is 21.2. The minimum absolute atomic E-state index is 0.118. The number of ether oxygens (including phenoxy) is 2. The van der Waals surface area contributed by atoms with E-state index in [0.29, 0.717) is 25.0 Å². The van der Waals surface area contributed by atoms with E-state index in [4.69, 9.17) is 19.5 Å². The van der Waals surface area contributed by atoms with E-state index >= 15 is 0 Å². The van der Waals surface area contributed by atoms with E-state index in [1.54, 1.807) is 0 Å². The van der Waals surface area contributed by atoms with Gasteiger partial charge >= 0.3 is 0 Å². The van der Waals surface area contributed by atoms with Gasteiger partial charge in [-0.25, -0.2) is 9.98 Å². The van der Waals surface area contributed by atoms with Crippen LogP contribution in [0.1, 0.15) is 50.7 Å². The van der Waals surface area contributed by atoms with Crippen molar-refractivity contribution in [2.45, 2.75) is 51.6 Å². The molecule has 4 nitrogen and oxygen atoms in total. The van der Waals surface area contributed by atoms with Crippen LogP contribution in [0.15, 0.2) is 70.6 Å². The van der Waals surface area contributed by atoms with Gasteiger partial charge < -0.3 is 9.47 Å². The Morgan fingerprint density at radius 3 is 1.48 bits per heavy atom. The summed E-state index contributed by atoms with van der Waals surface area (Å²) in [5.41, 5.74) is 2.11. The zero-order chi connectivity index (χ0) is 20.4. The minimum Gasteiger partial charge on any atom is -0.478 e. The van der Waals surface area contributed by atoms with Gasteiger partial charge in [-0.2, -0.15) is 0 Å². The molecule has 4 atom stereocenters. The van der Waals surface area contributed by atoms with Crippen molar-refractivity contribution < 1.29 is 9.47 Å². The van der Waals surface area contributed by atoms with Crippen molar-refractivity contribution in [2.24, 2.45) is 15.4 Å². The quantitative estimate of drug-likeness (QED) is 0.679. The summed E-state index contributed by atoms with van der Waals surface area (Å²) in [5, 5.41) is 0. The lowest BCUT2D eigenvalue weighted by Gasteiger charge is -2.22. The van der Waals surface area contributed by atoms with Gasteiger partial charge in [0, 0.05) is 11.8 Å². The normalized spacial score (nSPS) is 23.6. The molecule has 0 saturated carbocycles. The molecule has 4 heteroatoms. The van der Waals surface area contributed by atoms with Crippen molar-refractivity contribution in [3.63, 3.8) is 0 Å². The molecule has 152 valence electrons. The lowest BCUT2D eigenvalue weighted by molar-refractivity contribution is 0.257. The number of benzene rings is 2. The number of hydrogen-bond acceptors (Lipinski definition) is 4. The Morgan fingerprint density at radius 1 is 0.724 bits per heavy atom. The predicted octanol–water partition coefficient (Wildman–Crippen LogP) is 5.21. The standard InChI is InChI=1S/C25H30N2O2/c1-17(19-11-7-5-8-12-19)21-15-28-23(26-21)25(3,4)24-27-22(16-29-24)18(2)20-13-9-6-10-14-20/h5-14,17-18,21-22H,15-16H2,1-4H3/t17?,18?,21-,22?/m1/s1. The molecule has 0 aliphatic carbocycles. The van der Waals surface area contributed by atoms with Gasteiger partial charge in [-0.15, -0.1) is 0 Å². The van der Waals surface area contributed by atoms with E-state index in [9.17, 15) is 0 Å². The fraction of sp³-hybridized carbons (Fsp3) is 0.440. The largest absolute Gasteiger partial charge is 0.478 e. The van der Waals surface area contributed by atoms with Crippen LogP contribution < -0.4 is 0 Å². The third-order valence-electron chi connectivity index (χ3n) is 6.22. The number of aliphatic imine (C=N–C) groups is 2. The maximum absolute atomic E-state index is 6.05. The maximum atomic E-state index is 6.05. The first-order chi connectivity index (χ1) is 14.0. The topological polar surface area (TPSA) is 43.2 Å². The third kappa shape index (κ3) is 3.93. The Morgan fingerprint density at radius 2 is 1.10 bits per heavy atom. The smallest absolute Gasteiger partial charge is 0.199 e. The highest BCUT2D eigenvalue weighted by molar-refractivity contribution is 6.05. The Balaban J connectivity index is 1.50. The van der Waals surface area contributed by atoms with Gasteiger partial charge in [-0.05, 0) is 25.0 Å². The third-order valence-corrected chi connectivity index (χ3v) is 6.22. The van der Waals surface area contributed by atoms with Crippen molar-refractivity contribution in [1.82, 2.24) is 0 Å². The van der Waals surface area contributed by atoms with E-state index in [0.717, 1.165) is 11.8 Å². The van der Waals surface area contributed by atoms with E-state index in [2.05, 4.69) is 76.2 Å². The van der Waals surface area contributed by atoms with Crippen LogP contribution in [0, 0.1) is 5.41 Å². The highest BCUT2D eigenvalue weighted by Gasteiger charge is 2.42. The molecule has 2 aromatic carbocycles. The fourth-order valence-corrected chi connectivity index (χ4v) is 4.02. The maximum Gasteiger partial charge on any atom is 0.199 e.